The first-order valence-corrected chi connectivity index (χ1v) is 9.44. The zero-order chi connectivity index (χ0) is 19.4. The molecule has 0 saturated heterocycles. The summed E-state index contributed by atoms with van der Waals surface area (Å²) in [6, 6.07) is 6.52. The normalized spacial score (nSPS) is 13.3. The van der Waals surface area contributed by atoms with Crippen molar-refractivity contribution in [2.75, 3.05) is 0 Å². The van der Waals surface area contributed by atoms with E-state index in [-0.39, 0.29) is 17.9 Å². The third-order valence-corrected chi connectivity index (χ3v) is 5.23. The Hall–Kier alpha value is -2.21. The molecular formula is C20H25FN2O2S. The van der Waals surface area contributed by atoms with E-state index in [1.54, 1.807) is 11.3 Å². The smallest absolute Gasteiger partial charge is 0.251 e. The topological polar surface area (TPSA) is 58.2 Å². The van der Waals surface area contributed by atoms with Crippen LogP contribution in [0.25, 0.3) is 0 Å². The van der Waals surface area contributed by atoms with Gasteiger partial charge in [0.2, 0.25) is 5.91 Å². The lowest BCUT2D eigenvalue weighted by molar-refractivity contribution is -0.124. The van der Waals surface area contributed by atoms with Gasteiger partial charge in [-0.3, -0.25) is 9.59 Å². The number of halogens is 1. The first-order valence-electron chi connectivity index (χ1n) is 8.62. The number of thiophene rings is 1. The number of carbonyl (C=O) groups is 2. The van der Waals surface area contributed by atoms with E-state index in [1.807, 2.05) is 34.6 Å². The van der Waals surface area contributed by atoms with E-state index >= 15 is 0 Å². The van der Waals surface area contributed by atoms with Gasteiger partial charge in [0.25, 0.3) is 5.91 Å². The Morgan fingerprint density at radius 3 is 2.15 bits per heavy atom. The van der Waals surface area contributed by atoms with Crippen LogP contribution in [0, 0.1) is 25.6 Å². The van der Waals surface area contributed by atoms with E-state index in [9.17, 15) is 14.0 Å². The third kappa shape index (κ3) is 4.91. The SMILES string of the molecule is Cc1cc(C(C)NC(=O)C(NC(=O)c2ccc(F)cc2)C(C)C)c(C)s1. The van der Waals surface area contributed by atoms with Gasteiger partial charge in [0, 0.05) is 15.3 Å². The van der Waals surface area contributed by atoms with Gasteiger partial charge in [-0.1, -0.05) is 13.8 Å². The van der Waals surface area contributed by atoms with Crippen LogP contribution in [0.4, 0.5) is 4.39 Å². The Morgan fingerprint density at radius 1 is 1.04 bits per heavy atom. The summed E-state index contributed by atoms with van der Waals surface area (Å²) >= 11 is 1.70. The van der Waals surface area contributed by atoms with Gasteiger partial charge in [-0.05, 0) is 62.6 Å². The van der Waals surface area contributed by atoms with Gasteiger partial charge < -0.3 is 10.6 Å². The van der Waals surface area contributed by atoms with Gasteiger partial charge in [0.05, 0.1) is 6.04 Å². The maximum atomic E-state index is 13.0. The van der Waals surface area contributed by atoms with Crippen molar-refractivity contribution in [1.29, 1.82) is 0 Å². The Morgan fingerprint density at radius 2 is 1.65 bits per heavy atom. The predicted molar refractivity (Wildman–Crippen MR) is 103 cm³/mol. The van der Waals surface area contributed by atoms with Gasteiger partial charge in [-0.15, -0.1) is 11.3 Å². The molecule has 0 aliphatic heterocycles. The number of benzene rings is 1. The highest BCUT2D eigenvalue weighted by Gasteiger charge is 2.26. The molecule has 0 aliphatic carbocycles. The van der Waals surface area contributed by atoms with E-state index in [0.29, 0.717) is 5.56 Å². The van der Waals surface area contributed by atoms with Crippen molar-refractivity contribution in [1.82, 2.24) is 10.6 Å². The molecule has 0 bridgehead atoms. The largest absolute Gasteiger partial charge is 0.348 e. The van der Waals surface area contributed by atoms with E-state index in [1.165, 1.54) is 34.0 Å². The summed E-state index contributed by atoms with van der Waals surface area (Å²) in [5.74, 6) is -1.12. The van der Waals surface area contributed by atoms with Crippen molar-refractivity contribution in [3.05, 3.63) is 57.0 Å². The molecule has 6 heteroatoms. The number of nitrogens with one attached hydrogen (secondary N) is 2. The van der Waals surface area contributed by atoms with Gasteiger partial charge in [0.15, 0.2) is 0 Å². The maximum absolute atomic E-state index is 13.0. The monoisotopic (exact) mass is 376 g/mol. The highest BCUT2D eigenvalue weighted by atomic mass is 32.1. The van der Waals surface area contributed by atoms with Crippen molar-refractivity contribution in [3.8, 4) is 0 Å². The molecule has 0 saturated carbocycles. The summed E-state index contributed by atoms with van der Waals surface area (Å²) in [5.41, 5.74) is 1.41. The average Bonchev–Trinajstić information content (AvgIpc) is 2.91. The van der Waals surface area contributed by atoms with Crippen molar-refractivity contribution < 1.29 is 14.0 Å². The maximum Gasteiger partial charge on any atom is 0.251 e. The number of amides is 2. The fraction of sp³-hybridized carbons (Fsp3) is 0.400. The summed E-state index contributed by atoms with van der Waals surface area (Å²) in [4.78, 5) is 27.5. The molecule has 1 aromatic heterocycles. The molecule has 2 atom stereocenters. The van der Waals surface area contributed by atoms with Crippen molar-refractivity contribution in [3.63, 3.8) is 0 Å². The minimum absolute atomic E-state index is 0.0862. The Bertz CT molecular complexity index is 784. The Labute approximate surface area is 157 Å². The molecule has 0 spiro atoms. The summed E-state index contributed by atoms with van der Waals surface area (Å²) in [6.07, 6.45) is 0. The molecule has 2 unspecified atom stereocenters. The molecule has 4 nitrogen and oxygen atoms in total. The molecule has 140 valence electrons. The molecule has 26 heavy (non-hydrogen) atoms. The van der Waals surface area contributed by atoms with Gasteiger partial charge >= 0.3 is 0 Å². The second-order valence-corrected chi connectivity index (χ2v) is 8.26. The van der Waals surface area contributed by atoms with Crippen molar-refractivity contribution >= 4 is 23.2 Å². The minimum Gasteiger partial charge on any atom is -0.348 e. The van der Waals surface area contributed by atoms with E-state index in [0.717, 1.165) is 5.56 Å². The van der Waals surface area contributed by atoms with Gasteiger partial charge in [-0.2, -0.15) is 0 Å². The first kappa shape index (κ1) is 20.1. The van der Waals surface area contributed by atoms with Crippen LogP contribution in [0.3, 0.4) is 0 Å². The Kier molecular flexibility index (Phi) is 6.53. The average molecular weight is 376 g/mol. The molecular weight excluding hydrogens is 351 g/mol. The van der Waals surface area contributed by atoms with Crippen LogP contribution in [0.15, 0.2) is 30.3 Å². The number of hydrogen-bond donors (Lipinski definition) is 2. The number of hydrogen-bond acceptors (Lipinski definition) is 3. The standard InChI is InChI=1S/C20H25FN2O2S/c1-11(2)18(23-19(24)15-6-8-16(21)9-7-15)20(25)22-13(4)17-10-12(3)26-14(17)5/h6-11,13,18H,1-5H3,(H,22,25)(H,23,24). The van der Waals surface area contributed by atoms with Crippen LogP contribution in [-0.4, -0.2) is 17.9 Å². The molecule has 1 aromatic carbocycles. The van der Waals surface area contributed by atoms with Crippen LogP contribution < -0.4 is 10.6 Å². The molecule has 1 heterocycles. The van der Waals surface area contributed by atoms with Crippen LogP contribution in [0.2, 0.25) is 0 Å². The van der Waals surface area contributed by atoms with E-state index < -0.39 is 17.8 Å². The number of aryl methyl sites for hydroxylation is 2. The summed E-state index contributed by atoms with van der Waals surface area (Å²) in [7, 11) is 0. The van der Waals surface area contributed by atoms with Crippen molar-refractivity contribution in [2.24, 2.45) is 5.92 Å². The lowest BCUT2D eigenvalue weighted by Crippen LogP contribution is -2.50. The molecule has 2 rings (SSSR count). The molecule has 2 N–H and O–H groups in total. The van der Waals surface area contributed by atoms with Crippen LogP contribution in [-0.2, 0) is 4.79 Å². The first-order chi connectivity index (χ1) is 12.2. The Balaban J connectivity index is 2.08. The van der Waals surface area contributed by atoms with E-state index in [4.69, 9.17) is 0 Å². The van der Waals surface area contributed by atoms with E-state index in [2.05, 4.69) is 16.7 Å². The predicted octanol–water partition coefficient (Wildman–Crippen LogP) is 4.14. The third-order valence-electron chi connectivity index (χ3n) is 4.25. The zero-order valence-corrected chi connectivity index (χ0v) is 16.5. The lowest BCUT2D eigenvalue weighted by Gasteiger charge is -2.24. The van der Waals surface area contributed by atoms with Gasteiger partial charge in [-0.25, -0.2) is 4.39 Å². The highest BCUT2D eigenvalue weighted by Crippen LogP contribution is 2.26. The van der Waals surface area contributed by atoms with Crippen LogP contribution >= 0.6 is 11.3 Å². The summed E-state index contributed by atoms with van der Waals surface area (Å²) in [6.45, 7) is 9.76. The molecule has 0 aliphatic rings. The van der Waals surface area contributed by atoms with Crippen molar-refractivity contribution in [2.45, 2.75) is 46.7 Å². The molecule has 2 aromatic rings. The fourth-order valence-corrected chi connectivity index (χ4v) is 3.84. The summed E-state index contributed by atoms with van der Waals surface area (Å²) in [5, 5.41) is 5.75. The number of rotatable bonds is 6. The minimum atomic E-state index is -0.671. The van der Waals surface area contributed by atoms with Crippen LogP contribution in [0.1, 0.15) is 52.5 Å². The molecule has 0 radical (unpaired) electrons. The van der Waals surface area contributed by atoms with Crippen LogP contribution in [0.5, 0.6) is 0 Å². The second-order valence-electron chi connectivity index (χ2n) is 6.80. The summed E-state index contributed by atoms with van der Waals surface area (Å²) < 4.78 is 13.0. The number of carbonyl (C=O) groups excluding carboxylic acids is 2. The zero-order valence-electron chi connectivity index (χ0n) is 15.7. The highest BCUT2D eigenvalue weighted by molar-refractivity contribution is 7.12. The lowest BCUT2D eigenvalue weighted by atomic mass is 10.0. The quantitative estimate of drug-likeness (QED) is 0.796. The van der Waals surface area contributed by atoms with Gasteiger partial charge in [0.1, 0.15) is 11.9 Å². The molecule has 0 fully saturated rings. The molecule has 2 amide bonds. The second kappa shape index (κ2) is 8.45. The fourth-order valence-electron chi connectivity index (χ4n) is 2.82.